The quantitative estimate of drug-likeness (QED) is 0.666. The molecule has 1 aliphatic carbocycles. The number of aliphatic hydroxyl groups is 1. The lowest BCUT2D eigenvalue weighted by Gasteiger charge is -2.41. The summed E-state index contributed by atoms with van der Waals surface area (Å²) in [5.74, 6) is 0.00639. The molecule has 0 fully saturated rings. The summed E-state index contributed by atoms with van der Waals surface area (Å²) in [4.78, 5) is 24.9. The van der Waals surface area contributed by atoms with E-state index < -0.39 is 6.10 Å². The Morgan fingerprint density at radius 2 is 2.12 bits per heavy atom. The van der Waals surface area contributed by atoms with E-state index in [9.17, 15) is 14.7 Å². The number of amides is 1. The molecule has 1 heterocycles. The molecule has 0 saturated carbocycles. The molecule has 1 aliphatic heterocycles. The van der Waals surface area contributed by atoms with Gasteiger partial charge in [0.25, 0.3) is 0 Å². The van der Waals surface area contributed by atoms with Crippen molar-refractivity contribution in [3.05, 3.63) is 11.3 Å². The van der Waals surface area contributed by atoms with Gasteiger partial charge in [-0.05, 0) is 19.8 Å². The fourth-order valence-corrected chi connectivity index (χ4v) is 2.65. The average molecular weight is 223 g/mol. The number of Topliss-reactive ketones (excluding diaryl/α,β-unsaturated/α-hetero) is 1. The third kappa shape index (κ3) is 1.67. The van der Waals surface area contributed by atoms with E-state index in [1.165, 1.54) is 6.92 Å². The van der Waals surface area contributed by atoms with Crippen molar-refractivity contribution in [2.24, 2.45) is 0 Å². The molecule has 88 valence electrons. The maximum Gasteiger partial charge on any atom is 0.223 e. The molecule has 0 aromatic heterocycles. The van der Waals surface area contributed by atoms with Gasteiger partial charge >= 0.3 is 0 Å². The number of carbonyl (C=O) groups excluding carboxylic acids is 2. The van der Waals surface area contributed by atoms with Crippen molar-refractivity contribution in [3.63, 3.8) is 0 Å². The second-order valence-corrected chi connectivity index (χ2v) is 4.60. The first-order chi connectivity index (χ1) is 7.52. The van der Waals surface area contributed by atoms with Crippen LogP contribution < -0.4 is 0 Å². The van der Waals surface area contributed by atoms with Crippen LogP contribution in [0, 0.1) is 0 Å². The van der Waals surface area contributed by atoms with Crippen LogP contribution >= 0.6 is 0 Å². The van der Waals surface area contributed by atoms with Crippen molar-refractivity contribution >= 4 is 11.7 Å². The summed E-state index contributed by atoms with van der Waals surface area (Å²) in [6.07, 6.45) is 1.91. The minimum atomic E-state index is -0.621. The molecule has 0 unspecified atom stereocenters. The van der Waals surface area contributed by atoms with Gasteiger partial charge in [-0.2, -0.15) is 0 Å². The lowest BCUT2D eigenvalue weighted by Crippen LogP contribution is -2.49. The minimum absolute atomic E-state index is 0.0894. The lowest BCUT2D eigenvalue weighted by molar-refractivity contribution is -0.132. The summed E-state index contributed by atoms with van der Waals surface area (Å²) in [5, 5.41) is 9.87. The SMILES string of the molecule is CC(=O)N1C2=C(C[C@H](O)[C@@H]1C)C(=O)CCC2. The van der Waals surface area contributed by atoms with Gasteiger partial charge in [0.05, 0.1) is 12.1 Å². The largest absolute Gasteiger partial charge is 0.391 e. The Morgan fingerprint density at radius 3 is 2.75 bits per heavy atom. The summed E-state index contributed by atoms with van der Waals surface area (Å²) in [6, 6.07) is -0.220. The van der Waals surface area contributed by atoms with Gasteiger partial charge in [-0.25, -0.2) is 0 Å². The van der Waals surface area contributed by atoms with E-state index in [-0.39, 0.29) is 17.7 Å². The van der Waals surface area contributed by atoms with Crippen molar-refractivity contribution in [1.82, 2.24) is 4.90 Å². The van der Waals surface area contributed by atoms with E-state index >= 15 is 0 Å². The Balaban J connectivity index is 2.44. The molecule has 0 aromatic rings. The van der Waals surface area contributed by atoms with Crippen molar-refractivity contribution in [2.45, 2.75) is 51.7 Å². The molecule has 0 saturated heterocycles. The van der Waals surface area contributed by atoms with Gasteiger partial charge in [0.15, 0.2) is 5.78 Å². The third-order valence-electron chi connectivity index (χ3n) is 3.51. The molecule has 4 heteroatoms. The lowest BCUT2D eigenvalue weighted by atomic mass is 9.84. The first-order valence-corrected chi connectivity index (χ1v) is 5.75. The number of allylic oxidation sites excluding steroid dienone is 1. The second-order valence-electron chi connectivity index (χ2n) is 4.60. The summed E-state index contributed by atoms with van der Waals surface area (Å²) in [7, 11) is 0. The van der Waals surface area contributed by atoms with Gasteiger partial charge in [0.2, 0.25) is 5.91 Å². The maximum absolute atomic E-state index is 11.7. The molecule has 2 rings (SSSR count). The summed E-state index contributed by atoms with van der Waals surface area (Å²) < 4.78 is 0. The molecule has 1 amide bonds. The van der Waals surface area contributed by atoms with E-state index in [0.29, 0.717) is 18.4 Å². The van der Waals surface area contributed by atoms with E-state index in [4.69, 9.17) is 0 Å². The van der Waals surface area contributed by atoms with Gasteiger partial charge < -0.3 is 10.0 Å². The van der Waals surface area contributed by atoms with E-state index in [1.54, 1.807) is 4.90 Å². The number of hydrogen-bond acceptors (Lipinski definition) is 3. The van der Waals surface area contributed by atoms with E-state index in [2.05, 4.69) is 0 Å². The van der Waals surface area contributed by atoms with E-state index in [1.807, 2.05) is 6.92 Å². The van der Waals surface area contributed by atoms with Gasteiger partial charge in [-0.3, -0.25) is 9.59 Å². The molecule has 4 nitrogen and oxygen atoms in total. The normalized spacial score (nSPS) is 30.4. The standard InChI is InChI=1S/C12H17NO3/c1-7-12(16)6-9-10(13(7)8(2)14)4-3-5-11(9)15/h7,12,16H,3-6H2,1-2H3/t7-,12-/m0/s1. The van der Waals surface area contributed by atoms with Crippen LogP contribution in [0.25, 0.3) is 0 Å². The van der Waals surface area contributed by atoms with Crippen LogP contribution in [0.1, 0.15) is 39.5 Å². The van der Waals surface area contributed by atoms with Crippen molar-refractivity contribution in [2.75, 3.05) is 0 Å². The number of rotatable bonds is 0. The molecular weight excluding hydrogens is 206 g/mol. The number of carbonyl (C=O) groups is 2. The molecular formula is C12H17NO3. The fraction of sp³-hybridized carbons (Fsp3) is 0.667. The third-order valence-corrected chi connectivity index (χ3v) is 3.51. The predicted molar refractivity (Wildman–Crippen MR) is 58.5 cm³/mol. The van der Waals surface area contributed by atoms with Crippen molar-refractivity contribution in [3.8, 4) is 0 Å². The maximum atomic E-state index is 11.7. The number of aliphatic hydroxyl groups excluding tert-OH is 1. The Bertz CT molecular complexity index is 372. The number of ketones is 1. The van der Waals surface area contributed by atoms with Gasteiger partial charge in [0, 0.05) is 31.0 Å². The molecule has 2 atom stereocenters. The fourth-order valence-electron chi connectivity index (χ4n) is 2.65. The molecule has 16 heavy (non-hydrogen) atoms. The highest BCUT2D eigenvalue weighted by Gasteiger charge is 2.37. The molecule has 1 N–H and O–H groups in total. The molecule has 0 bridgehead atoms. The highest BCUT2D eigenvalue weighted by atomic mass is 16.3. The van der Waals surface area contributed by atoms with Crippen LogP contribution in [0.5, 0.6) is 0 Å². The van der Waals surface area contributed by atoms with Crippen LogP contribution in [0.15, 0.2) is 11.3 Å². The number of nitrogens with zero attached hydrogens (tertiary/aromatic N) is 1. The minimum Gasteiger partial charge on any atom is -0.391 e. The molecule has 0 radical (unpaired) electrons. The van der Waals surface area contributed by atoms with Crippen molar-refractivity contribution < 1.29 is 14.7 Å². The first kappa shape index (κ1) is 11.3. The Kier molecular flexibility index (Phi) is 2.84. The van der Waals surface area contributed by atoms with Gasteiger partial charge in [0.1, 0.15) is 0 Å². The summed E-state index contributed by atoms with van der Waals surface area (Å²) in [6.45, 7) is 3.31. The number of hydrogen-bond donors (Lipinski definition) is 1. The van der Waals surface area contributed by atoms with Crippen molar-refractivity contribution in [1.29, 1.82) is 0 Å². The monoisotopic (exact) mass is 223 g/mol. The Hall–Kier alpha value is -1.16. The summed E-state index contributed by atoms with van der Waals surface area (Å²) in [5.41, 5.74) is 1.52. The zero-order valence-corrected chi connectivity index (χ0v) is 9.69. The van der Waals surface area contributed by atoms with Crippen LogP contribution in [0.2, 0.25) is 0 Å². The van der Waals surface area contributed by atoms with Crippen LogP contribution in [0.4, 0.5) is 0 Å². The average Bonchev–Trinajstić information content (AvgIpc) is 2.21. The Morgan fingerprint density at radius 1 is 1.44 bits per heavy atom. The van der Waals surface area contributed by atoms with Crippen LogP contribution in [-0.4, -0.2) is 33.8 Å². The first-order valence-electron chi connectivity index (χ1n) is 5.75. The smallest absolute Gasteiger partial charge is 0.223 e. The zero-order chi connectivity index (χ0) is 11.9. The summed E-state index contributed by atoms with van der Waals surface area (Å²) >= 11 is 0. The van der Waals surface area contributed by atoms with Crippen LogP contribution in [0.3, 0.4) is 0 Å². The topological polar surface area (TPSA) is 57.6 Å². The molecule has 0 aromatic carbocycles. The predicted octanol–water partition coefficient (Wildman–Crippen LogP) is 0.995. The van der Waals surface area contributed by atoms with Gasteiger partial charge in [-0.15, -0.1) is 0 Å². The second kappa shape index (κ2) is 4.01. The Labute approximate surface area is 94.9 Å². The zero-order valence-electron chi connectivity index (χ0n) is 9.69. The highest BCUT2D eigenvalue weighted by Crippen LogP contribution is 2.34. The highest BCUT2D eigenvalue weighted by molar-refractivity contribution is 5.98. The molecule has 0 spiro atoms. The van der Waals surface area contributed by atoms with Gasteiger partial charge in [-0.1, -0.05) is 0 Å². The molecule has 2 aliphatic rings. The van der Waals surface area contributed by atoms with Crippen LogP contribution in [-0.2, 0) is 9.59 Å². The van der Waals surface area contributed by atoms with E-state index in [0.717, 1.165) is 18.5 Å².